The number of unbranched alkanes of at least 4 members (excludes halogenated alkanes) is 20. The summed E-state index contributed by atoms with van der Waals surface area (Å²) in [4.78, 5) is 0. The average Bonchev–Trinajstić information content (AvgIpc) is 3.16. The van der Waals surface area contributed by atoms with Crippen LogP contribution in [0.25, 0.3) is 0 Å². The van der Waals surface area contributed by atoms with Crippen LogP contribution in [0.2, 0.25) is 0 Å². The van der Waals surface area contributed by atoms with Gasteiger partial charge in [-0.05, 0) is 70.0 Å². The smallest absolute Gasteiger partial charge is 0.399 e. The molecule has 0 aliphatic carbocycles. The fourth-order valence-electron chi connectivity index (χ4n) is 6.18. The first-order valence-corrected chi connectivity index (χ1v) is 18.3. The largest absolute Gasteiger partial charge is 0.494 e. The van der Waals surface area contributed by atoms with Crippen LogP contribution in [-0.2, 0) is 22.2 Å². The van der Waals surface area contributed by atoms with Crippen LogP contribution in [0.3, 0.4) is 0 Å². The molecule has 1 aromatic carbocycles. The summed E-state index contributed by atoms with van der Waals surface area (Å²) < 4.78 is 12.9. The van der Waals surface area contributed by atoms with E-state index in [1.165, 1.54) is 171 Å². The fourth-order valence-corrected chi connectivity index (χ4v) is 6.18. The van der Waals surface area contributed by atoms with Crippen molar-refractivity contribution < 1.29 is 9.31 Å². The van der Waals surface area contributed by atoms with Gasteiger partial charge in [-0.3, -0.25) is 0 Å². The molecule has 1 heterocycles. The second-order valence-electron chi connectivity index (χ2n) is 14.2. The molecule has 0 aromatic heterocycles. The van der Waals surface area contributed by atoms with E-state index in [-0.39, 0.29) is 18.3 Å². The summed E-state index contributed by atoms with van der Waals surface area (Å²) in [6.07, 6.45) is 33.1. The van der Waals surface area contributed by atoms with Crippen LogP contribution in [0.1, 0.15) is 194 Å². The average molecular weight is 569 g/mol. The van der Waals surface area contributed by atoms with E-state index in [4.69, 9.17) is 9.31 Å². The highest BCUT2D eigenvalue weighted by Gasteiger charge is 2.51. The van der Waals surface area contributed by atoms with Crippen molar-refractivity contribution in [2.75, 3.05) is 0 Å². The molecular formula is C38H69BO2. The van der Waals surface area contributed by atoms with Gasteiger partial charge in [0.25, 0.3) is 0 Å². The molecular weight excluding hydrogens is 499 g/mol. The highest BCUT2D eigenvalue weighted by atomic mass is 16.7. The molecule has 2 nitrogen and oxygen atoms in total. The number of hydrogen-bond acceptors (Lipinski definition) is 2. The van der Waals surface area contributed by atoms with Crippen molar-refractivity contribution in [3.05, 3.63) is 29.3 Å². The first-order chi connectivity index (χ1) is 19.8. The van der Waals surface area contributed by atoms with E-state index in [0.29, 0.717) is 0 Å². The second-order valence-corrected chi connectivity index (χ2v) is 14.2. The predicted octanol–water partition coefficient (Wildman–Crippen LogP) is 11.7. The van der Waals surface area contributed by atoms with E-state index >= 15 is 0 Å². The van der Waals surface area contributed by atoms with Crippen LogP contribution in [0, 0.1) is 0 Å². The summed E-state index contributed by atoms with van der Waals surface area (Å²) in [7, 11) is -0.256. The minimum absolute atomic E-state index is 0.256. The molecule has 1 saturated heterocycles. The van der Waals surface area contributed by atoms with Gasteiger partial charge in [0, 0.05) is 0 Å². The van der Waals surface area contributed by atoms with Crippen molar-refractivity contribution in [2.24, 2.45) is 0 Å². The van der Waals surface area contributed by atoms with Crippen LogP contribution in [0.4, 0.5) is 0 Å². The predicted molar refractivity (Wildman–Crippen MR) is 182 cm³/mol. The van der Waals surface area contributed by atoms with E-state index in [2.05, 4.69) is 59.7 Å². The van der Waals surface area contributed by atoms with Gasteiger partial charge in [0.15, 0.2) is 0 Å². The topological polar surface area (TPSA) is 18.5 Å². The van der Waals surface area contributed by atoms with Crippen LogP contribution in [0.5, 0.6) is 0 Å². The number of rotatable bonds is 25. The Balaban J connectivity index is 1.77. The highest BCUT2D eigenvalue weighted by molar-refractivity contribution is 6.62. The lowest BCUT2D eigenvalue weighted by Gasteiger charge is -2.32. The number of hydrogen-bond donors (Lipinski definition) is 0. The molecule has 0 N–H and O–H groups in total. The van der Waals surface area contributed by atoms with E-state index in [0.717, 1.165) is 0 Å². The first kappa shape index (κ1) is 36.4. The Morgan fingerprint density at radius 3 is 1.05 bits per heavy atom. The summed E-state index contributed by atoms with van der Waals surface area (Å²) in [5.74, 6) is 0. The molecule has 0 spiro atoms. The maximum absolute atomic E-state index is 6.46. The molecule has 0 bridgehead atoms. The molecule has 0 unspecified atom stereocenters. The number of benzene rings is 1. The summed E-state index contributed by atoms with van der Waals surface area (Å²) >= 11 is 0. The Morgan fingerprint density at radius 2 is 0.732 bits per heavy atom. The van der Waals surface area contributed by atoms with Crippen LogP contribution >= 0.6 is 0 Å². The van der Waals surface area contributed by atoms with Crippen LogP contribution in [-0.4, -0.2) is 18.3 Å². The van der Waals surface area contributed by atoms with Gasteiger partial charge in [0.05, 0.1) is 11.2 Å². The monoisotopic (exact) mass is 569 g/mol. The second kappa shape index (κ2) is 21.0. The molecule has 1 aliphatic rings. The molecule has 1 aliphatic heterocycles. The molecule has 0 saturated carbocycles. The lowest BCUT2D eigenvalue weighted by atomic mass is 9.76. The molecule has 1 aromatic rings. The first-order valence-electron chi connectivity index (χ1n) is 18.3. The van der Waals surface area contributed by atoms with Crippen molar-refractivity contribution >= 4 is 12.6 Å². The Bertz CT molecular complexity index is 726. The lowest BCUT2D eigenvalue weighted by molar-refractivity contribution is 0.00578. The summed E-state index contributed by atoms with van der Waals surface area (Å²) in [6.45, 7) is 13.2. The van der Waals surface area contributed by atoms with Crippen molar-refractivity contribution in [3.63, 3.8) is 0 Å². The third-order valence-corrected chi connectivity index (χ3v) is 9.74. The van der Waals surface area contributed by atoms with Crippen LogP contribution in [0.15, 0.2) is 18.2 Å². The van der Waals surface area contributed by atoms with E-state index < -0.39 is 0 Å². The van der Waals surface area contributed by atoms with Crippen molar-refractivity contribution in [3.8, 4) is 0 Å². The SMILES string of the molecule is CCCCCCCCCCCCCc1cc(CCCCCCCCCCCCC)cc(B2OC(C)(C)C(C)(C)O2)c1. The minimum atomic E-state index is -0.292. The van der Waals surface area contributed by atoms with Gasteiger partial charge in [-0.25, -0.2) is 0 Å². The van der Waals surface area contributed by atoms with Gasteiger partial charge in [0.1, 0.15) is 0 Å². The zero-order valence-electron chi connectivity index (χ0n) is 28.6. The maximum Gasteiger partial charge on any atom is 0.494 e. The maximum atomic E-state index is 6.46. The van der Waals surface area contributed by atoms with Gasteiger partial charge >= 0.3 is 7.12 Å². The summed E-state index contributed by atoms with van der Waals surface area (Å²) in [6, 6.07) is 7.24. The highest BCUT2D eigenvalue weighted by Crippen LogP contribution is 2.36. The Labute approximate surface area is 257 Å². The molecule has 3 heteroatoms. The van der Waals surface area contributed by atoms with Gasteiger partial charge in [0.2, 0.25) is 0 Å². The standard InChI is InChI=1S/C38H69BO2/c1-7-9-11-13-15-17-19-21-23-25-27-29-34-31-35(30-28-26-24-22-20-18-16-14-12-10-8-2)33-36(32-34)39-40-37(3,4)38(5,6)41-39/h31-33H,7-30H2,1-6H3. The van der Waals surface area contributed by atoms with Gasteiger partial charge in [-0.2, -0.15) is 0 Å². The number of aryl methyl sites for hydroxylation is 2. The summed E-state index contributed by atoms with van der Waals surface area (Å²) in [5, 5.41) is 0. The van der Waals surface area contributed by atoms with E-state index in [9.17, 15) is 0 Å². The molecule has 0 radical (unpaired) electrons. The normalized spacial score (nSPS) is 16.1. The molecule has 236 valence electrons. The fraction of sp³-hybridized carbons (Fsp3) is 0.842. The Morgan fingerprint density at radius 1 is 0.439 bits per heavy atom. The quantitative estimate of drug-likeness (QED) is 0.0863. The molecule has 0 atom stereocenters. The third-order valence-electron chi connectivity index (χ3n) is 9.74. The zero-order valence-corrected chi connectivity index (χ0v) is 28.6. The van der Waals surface area contributed by atoms with Crippen molar-refractivity contribution in [2.45, 2.75) is 207 Å². The Hall–Kier alpha value is -0.795. The lowest BCUT2D eigenvalue weighted by Crippen LogP contribution is -2.41. The molecule has 1 fully saturated rings. The molecule has 2 rings (SSSR count). The van der Waals surface area contributed by atoms with Crippen molar-refractivity contribution in [1.29, 1.82) is 0 Å². The van der Waals surface area contributed by atoms with Crippen molar-refractivity contribution in [1.82, 2.24) is 0 Å². The van der Waals surface area contributed by atoms with Gasteiger partial charge < -0.3 is 9.31 Å². The Kier molecular flexibility index (Phi) is 18.6. The van der Waals surface area contributed by atoms with Gasteiger partial charge in [-0.1, -0.05) is 160 Å². The third kappa shape index (κ3) is 15.0. The van der Waals surface area contributed by atoms with Gasteiger partial charge in [-0.15, -0.1) is 0 Å². The van der Waals surface area contributed by atoms with Crippen LogP contribution < -0.4 is 5.46 Å². The molecule has 41 heavy (non-hydrogen) atoms. The molecule has 0 amide bonds. The summed E-state index contributed by atoms with van der Waals surface area (Å²) in [5.41, 5.74) is 3.60. The van der Waals surface area contributed by atoms with E-state index in [1.807, 2.05) is 0 Å². The minimum Gasteiger partial charge on any atom is -0.399 e. The van der Waals surface area contributed by atoms with E-state index in [1.54, 1.807) is 0 Å². The zero-order chi connectivity index (χ0) is 29.8.